The van der Waals surface area contributed by atoms with Gasteiger partial charge in [0.1, 0.15) is 5.82 Å². The van der Waals surface area contributed by atoms with Gasteiger partial charge in [0.2, 0.25) is 11.8 Å². The molecule has 1 saturated heterocycles. The summed E-state index contributed by atoms with van der Waals surface area (Å²) in [6.07, 6.45) is 0.802. The Morgan fingerprint density at radius 1 is 1.53 bits per heavy atom. The molecular weight excluding hydrogens is 251 g/mol. The Kier molecular flexibility index (Phi) is 2.94. The number of amides is 2. The number of hydrogen-bond donors (Lipinski definition) is 1. The average Bonchev–Trinajstić information content (AvgIpc) is 2.99. The number of anilines is 1. The molecule has 2 amide bonds. The van der Waals surface area contributed by atoms with Gasteiger partial charge in [-0.3, -0.25) is 14.4 Å². The van der Waals surface area contributed by atoms with Crippen LogP contribution in [0.25, 0.3) is 0 Å². The first-order valence-electron chi connectivity index (χ1n) is 6.19. The highest BCUT2D eigenvalue weighted by atomic mass is 19.1. The van der Waals surface area contributed by atoms with E-state index in [0.717, 1.165) is 6.42 Å². The Morgan fingerprint density at radius 2 is 2.37 bits per heavy atom. The average molecular weight is 264 g/mol. The van der Waals surface area contributed by atoms with Crippen molar-refractivity contribution >= 4 is 17.5 Å². The van der Waals surface area contributed by atoms with Gasteiger partial charge in [0, 0.05) is 12.1 Å². The minimum Gasteiger partial charge on any atom is -0.325 e. The van der Waals surface area contributed by atoms with Gasteiger partial charge in [-0.05, 0) is 30.2 Å². The molecule has 1 unspecified atom stereocenters. The number of benzene rings is 1. The Morgan fingerprint density at radius 3 is 3.11 bits per heavy atom. The predicted molar refractivity (Wildman–Crippen MR) is 64.7 cm³/mol. The van der Waals surface area contributed by atoms with Gasteiger partial charge in [-0.2, -0.15) is 0 Å². The van der Waals surface area contributed by atoms with Gasteiger partial charge in [0.15, 0.2) is 0 Å². The standard InChI is InChI=1S/C13H13FN2O3/c14-8-2-3-11-9(6-8)10(13(18)15-11)7-12(17)16-4-1-5-19-16/h2-3,6,10H,1,4-5,7H2,(H,15,18). The lowest BCUT2D eigenvalue weighted by atomic mass is 9.97. The van der Waals surface area contributed by atoms with E-state index in [9.17, 15) is 14.0 Å². The molecule has 19 heavy (non-hydrogen) atoms. The molecule has 0 spiro atoms. The zero-order valence-corrected chi connectivity index (χ0v) is 10.2. The first kappa shape index (κ1) is 12.1. The fraction of sp³-hybridized carbons (Fsp3) is 0.385. The Bertz CT molecular complexity index is 541. The van der Waals surface area contributed by atoms with Crippen LogP contribution in [0.2, 0.25) is 0 Å². The summed E-state index contributed by atoms with van der Waals surface area (Å²) in [4.78, 5) is 29.0. The number of rotatable bonds is 2. The maximum atomic E-state index is 13.2. The van der Waals surface area contributed by atoms with Gasteiger partial charge >= 0.3 is 0 Å². The lowest BCUT2D eigenvalue weighted by molar-refractivity contribution is -0.169. The first-order valence-corrected chi connectivity index (χ1v) is 6.19. The third-order valence-electron chi connectivity index (χ3n) is 3.37. The highest BCUT2D eigenvalue weighted by Crippen LogP contribution is 2.35. The van der Waals surface area contributed by atoms with Gasteiger partial charge < -0.3 is 5.32 Å². The molecule has 1 atom stereocenters. The van der Waals surface area contributed by atoms with Crippen LogP contribution in [-0.2, 0) is 14.4 Å². The summed E-state index contributed by atoms with van der Waals surface area (Å²) in [5.41, 5.74) is 1.11. The second-order valence-electron chi connectivity index (χ2n) is 4.66. The number of hydrogen-bond acceptors (Lipinski definition) is 3. The molecule has 1 aromatic rings. The van der Waals surface area contributed by atoms with Crippen LogP contribution in [0.4, 0.5) is 10.1 Å². The number of fused-ring (bicyclic) bond motifs is 1. The number of hydroxylamine groups is 2. The van der Waals surface area contributed by atoms with Crippen molar-refractivity contribution in [3.05, 3.63) is 29.6 Å². The molecule has 1 fully saturated rings. The van der Waals surface area contributed by atoms with Crippen LogP contribution in [0, 0.1) is 5.82 Å². The molecule has 2 aliphatic rings. The Hall–Kier alpha value is -1.95. The fourth-order valence-electron chi connectivity index (χ4n) is 2.42. The molecule has 0 aromatic heterocycles. The first-order chi connectivity index (χ1) is 9.15. The molecule has 0 bridgehead atoms. The zero-order chi connectivity index (χ0) is 13.4. The number of halogens is 1. The molecule has 2 aliphatic heterocycles. The third-order valence-corrected chi connectivity index (χ3v) is 3.37. The maximum Gasteiger partial charge on any atom is 0.247 e. The molecular formula is C13H13FN2O3. The number of carbonyl (C=O) groups excluding carboxylic acids is 2. The number of nitrogens with zero attached hydrogens (tertiary/aromatic N) is 1. The van der Waals surface area contributed by atoms with E-state index in [2.05, 4.69) is 5.32 Å². The summed E-state index contributed by atoms with van der Waals surface area (Å²) in [7, 11) is 0. The van der Waals surface area contributed by atoms with E-state index >= 15 is 0 Å². The van der Waals surface area contributed by atoms with Crippen LogP contribution in [-0.4, -0.2) is 30.0 Å². The normalized spacial score (nSPS) is 21.4. The van der Waals surface area contributed by atoms with Crippen LogP contribution >= 0.6 is 0 Å². The third kappa shape index (κ3) is 2.19. The highest BCUT2D eigenvalue weighted by Gasteiger charge is 2.34. The van der Waals surface area contributed by atoms with Crippen LogP contribution in [0.15, 0.2) is 18.2 Å². The summed E-state index contributed by atoms with van der Waals surface area (Å²) in [6, 6.07) is 4.10. The number of carbonyl (C=O) groups is 2. The minimum atomic E-state index is -0.637. The lowest BCUT2D eigenvalue weighted by Gasteiger charge is -2.16. The largest absolute Gasteiger partial charge is 0.325 e. The number of nitrogens with one attached hydrogen (secondary N) is 1. The van der Waals surface area contributed by atoms with Crippen molar-refractivity contribution in [2.45, 2.75) is 18.8 Å². The highest BCUT2D eigenvalue weighted by molar-refractivity contribution is 6.04. The Labute approximate surface area is 109 Å². The molecule has 6 heteroatoms. The van der Waals surface area contributed by atoms with E-state index in [1.54, 1.807) is 0 Å². The van der Waals surface area contributed by atoms with Gasteiger partial charge in [-0.25, -0.2) is 9.45 Å². The van der Waals surface area contributed by atoms with Crippen LogP contribution in [0.1, 0.15) is 24.3 Å². The Balaban J connectivity index is 1.80. The van der Waals surface area contributed by atoms with E-state index in [0.29, 0.717) is 24.4 Å². The monoisotopic (exact) mass is 264 g/mol. The van der Waals surface area contributed by atoms with Crippen molar-refractivity contribution < 1.29 is 18.8 Å². The maximum absolute atomic E-state index is 13.2. The van der Waals surface area contributed by atoms with Crippen molar-refractivity contribution in [2.75, 3.05) is 18.5 Å². The zero-order valence-electron chi connectivity index (χ0n) is 10.2. The van der Waals surface area contributed by atoms with Crippen molar-refractivity contribution in [1.82, 2.24) is 5.06 Å². The minimum absolute atomic E-state index is 0.00227. The molecule has 5 nitrogen and oxygen atoms in total. The summed E-state index contributed by atoms with van der Waals surface area (Å²) < 4.78 is 13.2. The molecule has 0 aliphatic carbocycles. The second-order valence-corrected chi connectivity index (χ2v) is 4.66. The van der Waals surface area contributed by atoms with Gasteiger partial charge in [-0.15, -0.1) is 0 Å². The van der Waals surface area contributed by atoms with Crippen LogP contribution < -0.4 is 5.32 Å². The van der Waals surface area contributed by atoms with Crippen molar-refractivity contribution in [3.63, 3.8) is 0 Å². The fourth-order valence-corrected chi connectivity index (χ4v) is 2.42. The molecule has 1 N–H and O–H groups in total. The SMILES string of the molecule is O=C1Nc2ccc(F)cc2C1CC(=O)N1CCCO1. The van der Waals surface area contributed by atoms with Gasteiger partial charge in [-0.1, -0.05) is 0 Å². The van der Waals surface area contributed by atoms with Crippen molar-refractivity contribution in [3.8, 4) is 0 Å². The summed E-state index contributed by atoms with van der Waals surface area (Å²) in [6.45, 7) is 1.07. The quantitative estimate of drug-likeness (QED) is 0.878. The van der Waals surface area contributed by atoms with E-state index < -0.39 is 11.7 Å². The molecule has 3 rings (SSSR count). The van der Waals surface area contributed by atoms with Gasteiger partial charge in [0.25, 0.3) is 0 Å². The van der Waals surface area contributed by atoms with E-state index in [1.807, 2.05) is 0 Å². The van der Waals surface area contributed by atoms with Crippen LogP contribution in [0.3, 0.4) is 0 Å². The lowest BCUT2D eigenvalue weighted by Crippen LogP contribution is -2.29. The van der Waals surface area contributed by atoms with Crippen LogP contribution in [0.5, 0.6) is 0 Å². The smallest absolute Gasteiger partial charge is 0.247 e. The molecule has 2 heterocycles. The summed E-state index contributed by atoms with van der Waals surface area (Å²) in [5, 5.41) is 3.94. The van der Waals surface area contributed by atoms with E-state index in [-0.39, 0.29) is 18.2 Å². The van der Waals surface area contributed by atoms with Crippen molar-refractivity contribution in [2.24, 2.45) is 0 Å². The topological polar surface area (TPSA) is 58.6 Å². The predicted octanol–water partition coefficient (Wildman–Crippen LogP) is 1.42. The van der Waals surface area contributed by atoms with E-state index in [4.69, 9.17) is 4.84 Å². The van der Waals surface area contributed by atoms with Crippen molar-refractivity contribution in [1.29, 1.82) is 0 Å². The van der Waals surface area contributed by atoms with E-state index in [1.165, 1.54) is 23.3 Å². The molecule has 1 aromatic carbocycles. The molecule has 100 valence electrons. The van der Waals surface area contributed by atoms with Gasteiger partial charge in [0.05, 0.1) is 19.1 Å². The summed E-state index contributed by atoms with van der Waals surface area (Å²) >= 11 is 0. The summed E-state index contributed by atoms with van der Waals surface area (Å²) in [5.74, 6) is -1.56. The molecule has 0 saturated carbocycles. The molecule has 0 radical (unpaired) electrons. The second kappa shape index (κ2) is 4.62.